The van der Waals surface area contributed by atoms with E-state index in [0.717, 1.165) is 37.0 Å². The van der Waals surface area contributed by atoms with Crippen molar-refractivity contribution in [1.82, 2.24) is 15.6 Å². The number of guanidine groups is 1. The summed E-state index contributed by atoms with van der Waals surface area (Å²) in [5, 5.41) is 6.57. The number of pyridine rings is 1. The van der Waals surface area contributed by atoms with Crippen molar-refractivity contribution in [2.45, 2.75) is 59.4 Å². The molecule has 0 radical (unpaired) electrons. The van der Waals surface area contributed by atoms with Gasteiger partial charge in [0.2, 0.25) is 0 Å². The van der Waals surface area contributed by atoms with Gasteiger partial charge in [-0.15, -0.1) is 24.0 Å². The van der Waals surface area contributed by atoms with Crippen LogP contribution in [-0.4, -0.2) is 48.8 Å². The number of hydrogen-bond donors (Lipinski definition) is 2. The van der Waals surface area contributed by atoms with E-state index < -0.39 is 0 Å². The molecule has 1 aliphatic heterocycles. The van der Waals surface area contributed by atoms with Gasteiger partial charge in [-0.25, -0.2) is 9.98 Å². The molecule has 1 aliphatic rings. The molecular weight excluding hydrogens is 429 g/mol. The topological polar surface area (TPSA) is 61.8 Å². The number of halogens is 1. The van der Waals surface area contributed by atoms with Crippen LogP contribution in [0.15, 0.2) is 23.3 Å². The van der Waals surface area contributed by atoms with Crippen LogP contribution in [0.1, 0.15) is 40.2 Å². The maximum atomic E-state index is 5.78. The SMILES string of the molecule is CCNC(=NCc1ccc(N2CC(C)OC(C)C2)nc1)NC(C)C.I. The molecule has 0 spiro atoms. The highest BCUT2D eigenvalue weighted by atomic mass is 127. The quantitative estimate of drug-likeness (QED) is 0.401. The molecule has 1 aromatic heterocycles. The zero-order valence-electron chi connectivity index (χ0n) is 16.0. The van der Waals surface area contributed by atoms with E-state index in [1.54, 1.807) is 0 Å². The van der Waals surface area contributed by atoms with Crippen LogP contribution >= 0.6 is 24.0 Å². The van der Waals surface area contributed by atoms with E-state index in [-0.39, 0.29) is 36.2 Å². The van der Waals surface area contributed by atoms with Gasteiger partial charge >= 0.3 is 0 Å². The second-order valence-corrected chi connectivity index (χ2v) is 6.68. The largest absolute Gasteiger partial charge is 0.372 e. The predicted molar refractivity (Wildman–Crippen MR) is 115 cm³/mol. The smallest absolute Gasteiger partial charge is 0.191 e. The fourth-order valence-corrected chi connectivity index (χ4v) is 2.83. The second-order valence-electron chi connectivity index (χ2n) is 6.68. The molecule has 142 valence electrons. The van der Waals surface area contributed by atoms with Gasteiger partial charge in [0.25, 0.3) is 0 Å². The zero-order valence-corrected chi connectivity index (χ0v) is 18.3. The van der Waals surface area contributed by atoms with Gasteiger partial charge in [0.15, 0.2) is 5.96 Å². The molecule has 0 saturated carbocycles. The van der Waals surface area contributed by atoms with Gasteiger partial charge in [-0.05, 0) is 46.2 Å². The molecule has 2 atom stereocenters. The molecule has 2 rings (SSSR count). The third-order valence-corrected chi connectivity index (χ3v) is 3.74. The Hall–Kier alpha value is -1.09. The molecule has 25 heavy (non-hydrogen) atoms. The van der Waals surface area contributed by atoms with E-state index in [0.29, 0.717) is 12.6 Å². The van der Waals surface area contributed by atoms with E-state index in [1.807, 2.05) is 6.20 Å². The van der Waals surface area contributed by atoms with Crippen molar-refractivity contribution in [3.05, 3.63) is 23.9 Å². The monoisotopic (exact) mass is 461 g/mol. The number of ether oxygens (including phenoxy) is 1. The number of hydrogen-bond acceptors (Lipinski definition) is 4. The first kappa shape index (κ1) is 22.0. The van der Waals surface area contributed by atoms with Crippen LogP contribution < -0.4 is 15.5 Å². The van der Waals surface area contributed by atoms with E-state index in [2.05, 4.69) is 72.3 Å². The van der Waals surface area contributed by atoms with E-state index in [4.69, 9.17) is 4.74 Å². The number of nitrogens with one attached hydrogen (secondary N) is 2. The molecule has 7 heteroatoms. The summed E-state index contributed by atoms with van der Waals surface area (Å²) < 4.78 is 5.78. The summed E-state index contributed by atoms with van der Waals surface area (Å²) in [4.78, 5) is 11.5. The Morgan fingerprint density at radius 2 is 2.00 bits per heavy atom. The van der Waals surface area contributed by atoms with E-state index in [9.17, 15) is 0 Å². The lowest BCUT2D eigenvalue weighted by molar-refractivity contribution is -0.00545. The first-order chi connectivity index (χ1) is 11.5. The van der Waals surface area contributed by atoms with Crippen molar-refractivity contribution in [3.63, 3.8) is 0 Å². The van der Waals surface area contributed by atoms with Crippen LogP contribution in [0.4, 0.5) is 5.82 Å². The summed E-state index contributed by atoms with van der Waals surface area (Å²) >= 11 is 0. The van der Waals surface area contributed by atoms with Gasteiger partial charge in [-0.3, -0.25) is 0 Å². The average Bonchev–Trinajstić information content (AvgIpc) is 2.52. The minimum atomic E-state index is 0. The third kappa shape index (κ3) is 7.35. The van der Waals surface area contributed by atoms with Crippen molar-refractivity contribution in [2.75, 3.05) is 24.5 Å². The molecule has 6 nitrogen and oxygen atoms in total. The summed E-state index contributed by atoms with van der Waals surface area (Å²) in [5.41, 5.74) is 1.11. The molecule has 0 aliphatic carbocycles. The van der Waals surface area contributed by atoms with Crippen LogP contribution in [0.2, 0.25) is 0 Å². The van der Waals surface area contributed by atoms with Gasteiger partial charge in [-0.2, -0.15) is 0 Å². The van der Waals surface area contributed by atoms with E-state index in [1.165, 1.54) is 0 Å². The highest BCUT2D eigenvalue weighted by Gasteiger charge is 2.22. The van der Waals surface area contributed by atoms with Crippen LogP contribution in [-0.2, 0) is 11.3 Å². The van der Waals surface area contributed by atoms with Crippen LogP contribution in [0.25, 0.3) is 0 Å². The first-order valence-electron chi connectivity index (χ1n) is 8.88. The lowest BCUT2D eigenvalue weighted by atomic mass is 10.2. The number of rotatable bonds is 5. The fraction of sp³-hybridized carbons (Fsp3) is 0.667. The molecule has 0 amide bonds. The Bertz CT molecular complexity index is 525. The van der Waals surface area contributed by atoms with Crippen LogP contribution in [0.3, 0.4) is 0 Å². The highest BCUT2D eigenvalue weighted by Crippen LogP contribution is 2.18. The molecule has 0 aromatic carbocycles. The molecule has 2 heterocycles. The minimum absolute atomic E-state index is 0. The van der Waals surface area contributed by atoms with Crippen molar-refractivity contribution in [3.8, 4) is 0 Å². The molecule has 1 saturated heterocycles. The maximum absolute atomic E-state index is 5.78. The normalized spacial score (nSPS) is 21.0. The molecule has 2 N–H and O–H groups in total. The summed E-state index contributed by atoms with van der Waals surface area (Å²) in [7, 11) is 0. The standard InChI is InChI=1S/C18H31N5O.HI/c1-6-19-18(22-13(2)3)21-10-16-7-8-17(20-9-16)23-11-14(4)24-15(5)12-23;/h7-9,13-15H,6,10-12H2,1-5H3,(H2,19,21,22);1H. The third-order valence-electron chi connectivity index (χ3n) is 3.74. The summed E-state index contributed by atoms with van der Waals surface area (Å²) in [6, 6.07) is 4.54. The summed E-state index contributed by atoms with van der Waals surface area (Å²) in [5.74, 6) is 1.85. The fourth-order valence-electron chi connectivity index (χ4n) is 2.83. The molecule has 1 aromatic rings. The van der Waals surface area contributed by atoms with Gasteiger partial charge in [-0.1, -0.05) is 6.07 Å². The second kappa shape index (κ2) is 10.8. The van der Waals surface area contributed by atoms with Gasteiger partial charge in [0.05, 0.1) is 18.8 Å². The Labute approximate surface area is 168 Å². The van der Waals surface area contributed by atoms with Gasteiger partial charge in [0, 0.05) is 31.9 Å². The number of aromatic nitrogens is 1. The Morgan fingerprint density at radius 1 is 1.32 bits per heavy atom. The number of aliphatic imine (C=N–C) groups is 1. The molecule has 1 fully saturated rings. The number of nitrogens with zero attached hydrogens (tertiary/aromatic N) is 3. The Kier molecular flexibility index (Phi) is 9.48. The lowest BCUT2D eigenvalue weighted by Gasteiger charge is -2.36. The predicted octanol–water partition coefficient (Wildman–Crippen LogP) is 2.78. The minimum Gasteiger partial charge on any atom is -0.372 e. The van der Waals surface area contributed by atoms with Crippen molar-refractivity contribution in [1.29, 1.82) is 0 Å². The Morgan fingerprint density at radius 3 is 2.52 bits per heavy atom. The van der Waals surface area contributed by atoms with Gasteiger partial charge in [0.1, 0.15) is 5.82 Å². The van der Waals surface area contributed by atoms with Crippen LogP contribution in [0.5, 0.6) is 0 Å². The number of morpholine rings is 1. The van der Waals surface area contributed by atoms with Crippen LogP contribution in [0, 0.1) is 0 Å². The highest BCUT2D eigenvalue weighted by molar-refractivity contribution is 14.0. The van der Waals surface area contributed by atoms with Crippen molar-refractivity contribution < 1.29 is 4.74 Å². The van der Waals surface area contributed by atoms with Gasteiger partial charge < -0.3 is 20.3 Å². The summed E-state index contributed by atoms with van der Waals surface area (Å²) in [6.45, 7) is 13.7. The van der Waals surface area contributed by atoms with Crippen molar-refractivity contribution in [2.24, 2.45) is 4.99 Å². The molecule has 2 unspecified atom stereocenters. The molecule has 0 bridgehead atoms. The number of anilines is 1. The Balaban J connectivity index is 0.00000312. The van der Waals surface area contributed by atoms with E-state index >= 15 is 0 Å². The zero-order chi connectivity index (χ0) is 17.5. The first-order valence-corrected chi connectivity index (χ1v) is 8.88. The lowest BCUT2D eigenvalue weighted by Crippen LogP contribution is -2.45. The van der Waals surface area contributed by atoms with Crippen molar-refractivity contribution >= 4 is 35.8 Å². The maximum Gasteiger partial charge on any atom is 0.191 e. The molecular formula is C18H32IN5O. The summed E-state index contributed by atoms with van der Waals surface area (Å²) in [6.07, 6.45) is 2.40. The average molecular weight is 461 g/mol.